The van der Waals surface area contributed by atoms with Crippen molar-refractivity contribution in [1.29, 1.82) is 0 Å². The van der Waals surface area contributed by atoms with E-state index in [0.29, 0.717) is 19.0 Å². The highest BCUT2D eigenvalue weighted by Crippen LogP contribution is 2.23. The monoisotopic (exact) mass is 267 g/mol. The summed E-state index contributed by atoms with van der Waals surface area (Å²) < 4.78 is 0. The Labute approximate surface area is 116 Å². The Kier molecular flexibility index (Phi) is 3.16. The van der Waals surface area contributed by atoms with Crippen LogP contribution < -0.4 is 4.90 Å². The highest BCUT2D eigenvalue weighted by Gasteiger charge is 2.19. The van der Waals surface area contributed by atoms with Crippen molar-refractivity contribution >= 4 is 17.5 Å². The number of benzene rings is 1. The second-order valence-electron chi connectivity index (χ2n) is 4.52. The van der Waals surface area contributed by atoms with Crippen LogP contribution in [0.1, 0.15) is 16.1 Å². The first-order valence-corrected chi connectivity index (χ1v) is 6.30. The van der Waals surface area contributed by atoms with Crippen molar-refractivity contribution < 1.29 is 9.90 Å². The van der Waals surface area contributed by atoms with Crippen molar-refractivity contribution in [2.75, 3.05) is 18.0 Å². The number of aromatic carboxylic acids is 1. The lowest BCUT2D eigenvalue weighted by atomic mass is 10.1. The van der Waals surface area contributed by atoms with Gasteiger partial charge in [-0.3, -0.25) is 0 Å². The third kappa shape index (κ3) is 2.38. The number of hydrogen-bond donors (Lipinski definition) is 1. The van der Waals surface area contributed by atoms with Crippen molar-refractivity contribution in [3.8, 4) is 0 Å². The van der Waals surface area contributed by atoms with Crippen molar-refractivity contribution in [1.82, 2.24) is 9.97 Å². The van der Waals surface area contributed by atoms with Crippen molar-refractivity contribution in [3.63, 3.8) is 0 Å². The molecule has 2 aromatic rings. The van der Waals surface area contributed by atoms with Gasteiger partial charge in [0.1, 0.15) is 0 Å². The molecule has 0 atom stereocenters. The van der Waals surface area contributed by atoms with Gasteiger partial charge < -0.3 is 10.0 Å². The fourth-order valence-electron chi connectivity index (χ4n) is 2.19. The van der Waals surface area contributed by atoms with Gasteiger partial charge >= 0.3 is 5.97 Å². The predicted molar refractivity (Wildman–Crippen MR) is 75.6 cm³/mol. The molecule has 0 saturated carbocycles. The van der Waals surface area contributed by atoms with Crippen LogP contribution in [0.3, 0.4) is 0 Å². The summed E-state index contributed by atoms with van der Waals surface area (Å²) in [6.45, 7) is 1.38. The molecular weight excluding hydrogens is 254 g/mol. The van der Waals surface area contributed by atoms with Crippen LogP contribution in [0.25, 0.3) is 5.57 Å². The Morgan fingerprint density at radius 1 is 1.20 bits per heavy atom. The molecule has 0 amide bonds. The predicted octanol–water partition coefficient (Wildman–Crippen LogP) is 2.08. The highest BCUT2D eigenvalue weighted by atomic mass is 16.4. The maximum absolute atomic E-state index is 10.9. The van der Waals surface area contributed by atoms with Crippen molar-refractivity contribution in [2.24, 2.45) is 0 Å². The second-order valence-corrected chi connectivity index (χ2v) is 4.52. The number of rotatable bonds is 3. The summed E-state index contributed by atoms with van der Waals surface area (Å²) in [6, 6.07) is 11.5. The lowest BCUT2D eigenvalue weighted by Gasteiger charge is -2.16. The molecule has 0 saturated heterocycles. The Morgan fingerprint density at radius 3 is 2.75 bits per heavy atom. The van der Waals surface area contributed by atoms with E-state index in [1.165, 1.54) is 23.4 Å². The minimum Gasteiger partial charge on any atom is -0.477 e. The molecule has 1 aliphatic rings. The minimum atomic E-state index is -1.04. The van der Waals surface area contributed by atoms with Gasteiger partial charge in [0.25, 0.3) is 0 Å². The standard InChI is InChI=1S/C15H13N3O2/c19-14(20)13-6-8-16-15(17-13)18-9-7-12(10-18)11-4-2-1-3-5-11/h1-8H,9-10H2,(H,19,20). The molecule has 1 aromatic carbocycles. The molecule has 20 heavy (non-hydrogen) atoms. The lowest BCUT2D eigenvalue weighted by Crippen LogP contribution is -2.23. The molecule has 2 heterocycles. The Hall–Kier alpha value is -2.69. The molecule has 5 nitrogen and oxygen atoms in total. The Balaban J connectivity index is 1.79. The fourth-order valence-corrected chi connectivity index (χ4v) is 2.19. The molecular formula is C15H13N3O2. The number of carboxylic acid groups (broad SMARTS) is 1. The van der Waals surface area contributed by atoms with Crippen LogP contribution in [-0.2, 0) is 0 Å². The smallest absolute Gasteiger partial charge is 0.354 e. The average Bonchev–Trinajstić information content (AvgIpc) is 2.98. The van der Waals surface area contributed by atoms with E-state index in [4.69, 9.17) is 5.11 Å². The van der Waals surface area contributed by atoms with Gasteiger partial charge in [-0.2, -0.15) is 0 Å². The number of hydrogen-bond acceptors (Lipinski definition) is 4. The van der Waals surface area contributed by atoms with Gasteiger partial charge in [-0.25, -0.2) is 14.8 Å². The molecule has 5 heteroatoms. The molecule has 0 spiro atoms. The number of nitrogens with zero attached hydrogens (tertiary/aromatic N) is 3. The third-order valence-corrected chi connectivity index (χ3v) is 3.21. The van der Waals surface area contributed by atoms with E-state index in [0.717, 1.165) is 0 Å². The topological polar surface area (TPSA) is 66.3 Å². The lowest BCUT2D eigenvalue weighted by molar-refractivity contribution is 0.0690. The molecule has 0 aliphatic carbocycles. The Morgan fingerprint density at radius 2 is 2.00 bits per heavy atom. The van der Waals surface area contributed by atoms with Gasteiger partial charge in [0.2, 0.25) is 5.95 Å². The van der Waals surface area contributed by atoms with E-state index < -0.39 is 5.97 Å². The normalized spacial score (nSPS) is 14.2. The van der Waals surface area contributed by atoms with Crippen LogP contribution in [0, 0.1) is 0 Å². The zero-order valence-electron chi connectivity index (χ0n) is 10.7. The molecule has 1 aromatic heterocycles. The number of anilines is 1. The van der Waals surface area contributed by atoms with E-state index >= 15 is 0 Å². The maximum Gasteiger partial charge on any atom is 0.354 e. The maximum atomic E-state index is 10.9. The van der Waals surface area contributed by atoms with E-state index in [1.807, 2.05) is 23.1 Å². The zero-order valence-corrected chi connectivity index (χ0v) is 10.7. The zero-order chi connectivity index (χ0) is 13.9. The quantitative estimate of drug-likeness (QED) is 0.922. The van der Waals surface area contributed by atoms with E-state index in [9.17, 15) is 4.79 Å². The van der Waals surface area contributed by atoms with Crippen LogP contribution >= 0.6 is 0 Å². The summed E-state index contributed by atoms with van der Waals surface area (Å²) in [4.78, 5) is 21.1. The van der Waals surface area contributed by atoms with E-state index in [-0.39, 0.29) is 5.69 Å². The molecule has 0 radical (unpaired) electrons. The second kappa shape index (κ2) is 5.13. The van der Waals surface area contributed by atoms with Crippen molar-refractivity contribution in [3.05, 3.63) is 59.9 Å². The van der Waals surface area contributed by atoms with Crippen LogP contribution in [0.4, 0.5) is 5.95 Å². The Bertz CT molecular complexity index is 668. The summed E-state index contributed by atoms with van der Waals surface area (Å²) in [5.41, 5.74) is 2.39. The fraction of sp³-hybridized carbons (Fsp3) is 0.133. The largest absolute Gasteiger partial charge is 0.477 e. The molecule has 1 aliphatic heterocycles. The SMILES string of the molecule is O=C(O)c1ccnc(N2CC=C(c3ccccc3)C2)n1. The molecule has 0 unspecified atom stereocenters. The average molecular weight is 267 g/mol. The first kappa shape index (κ1) is 12.3. The highest BCUT2D eigenvalue weighted by molar-refractivity contribution is 5.85. The van der Waals surface area contributed by atoms with Crippen LogP contribution in [0.5, 0.6) is 0 Å². The first-order chi connectivity index (χ1) is 9.74. The third-order valence-electron chi connectivity index (χ3n) is 3.21. The summed E-state index contributed by atoms with van der Waals surface area (Å²) in [7, 11) is 0. The summed E-state index contributed by atoms with van der Waals surface area (Å²) in [5, 5.41) is 8.96. The van der Waals surface area contributed by atoms with Gasteiger partial charge in [-0.15, -0.1) is 0 Å². The first-order valence-electron chi connectivity index (χ1n) is 6.30. The van der Waals surface area contributed by atoms with Crippen molar-refractivity contribution in [2.45, 2.75) is 0 Å². The molecule has 0 fully saturated rings. The van der Waals surface area contributed by atoms with Crippen LogP contribution in [0.15, 0.2) is 48.7 Å². The molecule has 100 valence electrons. The van der Waals surface area contributed by atoms with E-state index in [1.54, 1.807) is 0 Å². The van der Waals surface area contributed by atoms with Gasteiger partial charge in [0, 0.05) is 19.3 Å². The van der Waals surface area contributed by atoms with Gasteiger partial charge in [-0.1, -0.05) is 36.4 Å². The van der Waals surface area contributed by atoms with Gasteiger partial charge in [0.15, 0.2) is 5.69 Å². The summed E-state index contributed by atoms with van der Waals surface area (Å²) >= 11 is 0. The molecule has 0 bridgehead atoms. The van der Waals surface area contributed by atoms with Crippen LogP contribution in [0.2, 0.25) is 0 Å². The van der Waals surface area contributed by atoms with Gasteiger partial charge in [0.05, 0.1) is 0 Å². The van der Waals surface area contributed by atoms with Gasteiger partial charge in [-0.05, 0) is 17.2 Å². The molecule has 1 N–H and O–H groups in total. The number of aromatic nitrogens is 2. The number of carboxylic acids is 1. The molecule has 3 rings (SSSR count). The van der Waals surface area contributed by atoms with E-state index in [2.05, 4.69) is 28.2 Å². The number of carbonyl (C=O) groups is 1. The summed E-state index contributed by atoms with van der Waals surface area (Å²) in [5.74, 6) is -0.587. The minimum absolute atomic E-state index is 0.0168. The van der Waals surface area contributed by atoms with Crippen LogP contribution in [-0.4, -0.2) is 34.1 Å². The summed E-state index contributed by atoms with van der Waals surface area (Å²) in [6.07, 6.45) is 3.60.